The zero-order valence-electron chi connectivity index (χ0n) is 15.3. The lowest BCUT2D eigenvalue weighted by Crippen LogP contribution is -2.46. The third-order valence-corrected chi connectivity index (χ3v) is 4.97. The quantitative estimate of drug-likeness (QED) is 0.511. The van der Waals surface area contributed by atoms with Crippen LogP contribution < -0.4 is 4.90 Å². The Bertz CT molecular complexity index is 994. The number of nitrogens with zero attached hydrogens (tertiary/aromatic N) is 6. The molecule has 0 radical (unpaired) electrons. The first-order chi connectivity index (χ1) is 13.0. The summed E-state index contributed by atoms with van der Waals surface area (Å²) in [4.78, 5) is 28.1. The van der Waals surface area contributed by atoms with Gasteiger partial charge in [-0.3, -0.25) is 15.0 Å². The maximum atomic E-state index is 10.9. The van der Waals surface area contributed by atoms with Crippen molar-refractivity contribution >= 4 is 22.6 Å². The van der Waals surface area contributed by atoms with Crippen molar-refractivity contribution in [3.05, 3.63) is 51.8 Å². The summed E-state index contributed by atoms with van der Waals surface area (Å²) in [7, 11) is 0. The standard InChI is InChI=1S/C18H20N6O3/c1-12-13(2)19-11-20-18(12)23-7-5-22(6-8-23)10-17-21-15-4-3-14(24(25)26)9-16(15)27-17/h3-4,9,11H,5-8,10H2,1-2H3. The molecule has 2 aromatic heterocycles. The second-order valence-electron chi connectivity index (χ2n) is 6.69. The summed E-state index contributed by atoms with van der Waals surface area (Å²) in [6, 6.07) is 4.49. The number of hydrogen-bond acceptors (Lipinski definition) is 8. The van der Waals surface area contributed by atoms with E-state index in [1.807, 2.05) is 6.92 Å². The fourth-order valence-electron chi connectivity index (χ4n) is 3.30. The van der Waals surface area contributed by atoms with Crippen molar-refractivity contribution in [2.45, 2.75) is 20.4 Å². The summed E-state index contributed by atoms with van der Waals surface area (Å²) in [6.45, 7) is 8.08. The predicted molar refractivity (Wildman–Crippen MR) is 99.7 cm³/mol. The largest absolute Gasteiger partial charge is 0.439 e. The van der Waals surface area contributed by atoms with Gasteiger partial charge in [0, 0.05) is 43.5 Å². The number of aromatic nitrogens is 3. The number of nitro benzene ring substituents is 1. The minimum atomic E-state index is -0.433. The van der Waals surface area contributed by atoms with Gasteiger partial charge in [-0.1, -0.05) is 0 Å². The monoisotopic (exact) mass is 368 g/mol. The summed E-state index contributed by atoms with van der Waals surface area (Å²) in [5.41, 5.74) is 3.22. The van der Waals surface area contributed by atoms with Crippen LogP contribution in [0.4, 0.5) is 11.5 Å². The lowest BCUT2D eigenvalue weighted by molar-refractivity contribution is -0.384. The summed E-state index contributed by atoms with van der Waals surface area (Å²) >= 11 is 0. The topological polar surface area (TPSA) is 101 Å². The van der Waals surface area contributed by atoms with E-state index in [4.69, 9.17) is 4.42 Å². The second-order valence-corrected chi connectivity index (χ2v) is 6.69. The molecule has 3 aromatic rings. The van der Waals surface area contributed by atoms with E-state index in [-0.39, 0.29) is 5.69 Å². The van der Waals surface area contributed by atoms with Gasteiger partial charge in [0.2, 0.25) is 5.89 Å². The summed E-state index contributed by atoms with van der Waals surface area (Å²) in [5, 5.41) is 10.9. The van der Waals surface area contributed by atoms with Crippen molar-refractivity contribution in [3.8, 4) is 0 Å². The first-order valence-electron chi connectivity index (χ1n) is 8.80. The van der Waals surface area contributed by atoms with Crippen molar-refractivity contribution in [1.29, 1.82) is 0 Å². The van der Waals surface area contributed by atoms with Crippen molar-refractivity contribution in [3.63, 3.8) is 0 Å². The molecule has 1 saturated heterocycles. The Morgan fingerprint density at radius 3 is 2.70 bits per heavy atom. The number of non-ortho nitro benzene ring substituents is 1. The lowest BCUT2D eigenvalue weighted by Gasteiger charge is -2.35. The number of anilines is 1. The molecule has 1 fully saturated rings. The molecule has 0 unspecified atom stereocenters. The smallest absolute Gasteiger partial charge is 0.273 e. The maximum Gasteiger partial charge on any atom is 0.273 e. The summed E-state index contributed by atoms with van der Waals surface area (Å²) in [5.74, 6) is 1.57. The van der Waals surface area contributed by atoms with E-state index < -0.39 is 4.92 Å². The van der Waals surface area contributed by atoms with Crippen LogP contribution in [-0.2, 0) is 6.54 Å². The van der Waals surface area contributed by atoms with E-state index in [9.17, 15) is 10.1 Å². The van der Waals surface area contributed by atoms with E-state index in [1.165, 1.54) is 12.1 Å². The fourth-order valence-corrected chi connectivity index (χ4v) is 3.30. The molecular formula is C18H20N6O3. The average Bonchev–Trinajstić information content (AvgIpc) is 3.06. The summed E-state index contributed by atoms with van der Waals surface area (Å²) in [6.07, 6.45) is 1.61. The van der Waals surface area contributed by atoms with Crippen LogP contribution in [0.5, 0.6) is 0 Å². The van der Waals surface area contributed by atoms with Crippen molar-refractivity contribution in [1.82, 2.24) is 19.9 Å². The van der Waals surface area contributed by atoms with Gasteiger partial charge < -0.3 is 9.32 Å². The van der Waals surface area contributed by atoms with Crippen LogP contribution in [0.3, 0.4) is 0 Å². The zero-order chi connectivity index (χ0) is 19.0. The van der Waals surface area contributed by atoms with Gasteiger partial charge in [0.25, 0.3) is 5.69 Å². The predicted octanol–water partition coefficient (Wildman–Crippen LogP) is 2.47. The van der Waals surface area contributed by atoms with Crippen LogP contribution in [0.2, 0.25) is 0 Å². The number of piperazine rings is 1. The number of nitro groups is 1. The van der Waals surface area contributed by atoms with Crippen LogP contribution in [0.15, 0.2) is 28.9 Å². The SMILES string of the molecule is Cc1ncnc(N2CCN(Cc3nc4ccc([N+](=O)[O-])cc4o3)CC2)c1C. The third kappa shape index (κ3) is 3.45. The molecule has 4 rings (SSSR count). The van der Waals surface area contributed by atoms with Gasteiger partial charge in [-0.15, -0.1) is 0 Å². The van der Waals surface area contributed by atoms with Crippen LogP contribution in [0, 0.1) is 24.0 Å². The van der Waals surface area contributed by atoms with Gasteiger partial charge in [-0.25, -0.2) is 15.0 Å². The van der Waals surface area contributed by atoms with Gasteiger partial charge in [0.15, 0.2) is 5.58 Å². The number of hydrogen-bond donors (Lipinski definition) is 0. The van der Waals surface area contributed by atoms with Crippen LogP contribution in [-0.4, -0.2) is 51.0 Å². The first kappa shape index (κ1) is 17.3. The fraction of sp³-hybridized carbons (Fsp3) is 0.389. The number of oxazole rings is 1. The van der Waals surface area contributed by atoms with Gasteiger partial charge in [0.1, 0.15) is 17.7 Å². The normalized spacial score (nSPS) is 15.4. The minimum Gasteiger partial charge on any atom is -0.439 e. The molecule has 1 aliphatic heterocycles. The molecule has 1 aliphatic rings. The highest BCUT2D eigenvalue weighted by molar-refractivity contribution is 5.75. The Balaban J connectivity index is 1.42. The Morgan fingerprint density at radius 2 is 1.96 bits per heavy atom. The highest BCUT2D eigenvalue weighted by Gasteiger charge is 2.22. The van der Waals surface area contributed by atoms with E-state index >= 15 is 0 Å². The van der Waals surface area contributed by atoms with E-state index in [1.54, 1.807) is 12.4 Å². The van der Waals surface area contributed by atoms with E-state index in [0.29, 0.717) is 23.5 Å². The Hall–Kier alpha value is -3.07. The molecule has 0 aliphatic carbocycles. The number of aryl methyl sites for hydroxylation is 1. The zero-order valence-corrected chi connectivity index (χ0v) is 15.3. The molecule has 27 heavy (non-hydrogen) atoms. The van der Waals surface area contributed by atoms with Crippen LogP contribution in [0.25, 0.3) is 11.1 Å². The van der Waals surface area contributed by atoms with Crippen LogP contribution >= 0.6 is 0 Å². The van der Waals surface area contributed by atoms with Crippen molar-refractivity contribution in [2.24, 2.45) is 0 Å². The molecule has 9 nitrogen and oxygen atoms in total. The Labute approximate surface area is 155 Å². The molecule has 3 heterocycles. The van der Waals surface area contributed by atoms with Gasteiger partial charge in [-0.05, 0) is 19.9 Å². The van der Waals surface area contributed by atoms with E-state index in [0.717, 1.165) is 43.3 Å². The Morgan fingerprint density at radius 1 is 1.19 bits per heavy atom. The van der Waals surface area contributed by atoms with E-state index in [2.05, 4.69) is 31.7 Å². The summed E-state index contributed by atoms with van der Waals surface area (Å²) < 4.78 is 5.72. The highest BCUT2D eigenvalue weighted by atomic mass is 16.6. The molecule has 0 saturated carbocycles. The molecule has 0 spiro atoms. The maximum absolute atomic E-state index is 10.9. The number of fused-ring (bicyclic) bond motifs is 1. The molecule has 9 heteroatoms. The molecule has 1 aromatic carbocycles. The lowest BCUT2D eigenvalue weighted by atomic mass is 10.2. The van der Waals surface area contributed by atoms with Gasteiger partial charge in [-0.2, -0.15) is 0 Å². The third-order valence-electron chi connectivity index (χ3n) is 4.97. The second kappa shape index (κ2) is 6.92. The molecular weight excluding hydrogens is 348 g/mol. The number of rotatable bonds is 4. The number of benzene rings is 1. The molecule has 0 bridgehead atoms. The molecule has 0 atom stereocenters. The first-order valence-corrected chi connectivity index (χ1v) is 8.80. The van der Waals surface area contributed by atoms with Crippen molar-refractivity contribution < 1.29 is 9.34 Å². The van der Waals surface area contributed by atoms with Gasteiger partial charge in [0.05, 0.1) is 17.5 Å². The van der Waals surface area contributed by atoms with Crippen LogP contribution in [0.1, 0.15) is 17.1 Å². The minimum absolute atomic E-state index is 0.00864. The Kier molecular flexibility index (Phi) is 4.44. The van der Waals surface area contributed by atoms with Crippen molar-refractivity contribution in [2.75, 3.05) is 31.1 Å². The average molecular weight is 368 g/mol. The molecule has 0 N–H and O–H groups in total. The van der Waals surface area contributed by atoms with Gasteiger partial charge >= 0.3 is 0 Å². The molecule has 140 valence electrons. The highest BCUT2D eigenvalue weighted by Crippen LogP contribution is 2.23. The molecule has 0 amide bonds.